The molecule has 1 saturated heterocycles. The molecule has 174 valence electrons. The first kappa shape index (κ1) is 22.3. The fraction of sp³-hybridized carbons (Fsp3) is 0.300. The zero-order valence-electron chi connectivity index (χ0n) is 19.8. The smallest absolute Gasteiger partial charge is 0.223 e. The van der Waals surface area contributed by atoms with Crippen LogP contribution in [0.2, 0.25) is 0 Å². The fourth-order valence-corrected chi connectivity index (χ4v) is 5.16. The number of hydrogen-bond donors (Lipinski definition) is 0. The van der Waals surface area contributed by atoms with Crippen LogP contribution in [-0.4, -0.2) is 35.6 Å². The first-order valence-corrected chi connectivity index (χ1v) is 12.2. The van der Waals surface area contributed by atoms with Gasteiger partial charge < -0.3 is 14.2 Å². The maximum atomic E-state index is 13.2. The van der Waals surface area contributed by atoms with Crippen LogP contribution < -0.4 is 4.74 Å². The Morgan fingerprint density at radius 3 is 2.32 bits per heavy atom. The van der Waals surface area contributed by atoms with Gasteiger partial charge in [-0.15, -0.1) is 0 Å². The summed E-state index contributed by atoms with van der Waals surface area (Å²) in [6, 6.07) is 27.4. The van der Waals surface area contributed by atoms with Crippen LogP contribution in [0.3, 0.4) is 0 Å². The summed E-state index contributed by atoms with van der Waals surface area (Å²) in [5.41, 5.74) is 4.97. The highest BCUT2D eigenvalue weighted by Gasteiger charge is 2.25. The van der Waals surface area contributed by atoms with Crippen LogP contribution in [0.25, 0.3) is 10.9 Å². The van der Waals surface area contributed by atoms with Gasteiger partial charge in [-0.05, 0) is 60.1 Å². The standard InChI is InChI=1S/C30H32N2O2/c1-34-26-15-13-24(14-16-26)21-32-22-28(27-11-5-6-12-29(27)32)25(19-23-9-3-2-4-10-23)20-30(33)31-17-7-8-18-31/h2-6,9-16,22,25H,7-8,17-21H2,1H3/t25-/m1/s1. The maximum Gasteiger partial charge on any atom is 0.223 e. The van der Waals surface area contributed by atoms with Crippen LogP contribution in [-0.2, 0) is 17.8 Å². The summed E-state index contributed by atoms with van der Waals surface area (Å²) in [7, 11) is 1.69. The largest absolute Gasteiger partial charge is 0.497 e. The van der Waals surface area contributed by atoms with Crippen LogP contribution in [0.5, 0.6) is 5.75 Å². The number of likely N-dealkylation sites (tertiary alicyclic amines) is 1. The molecule has 0 saturated carbocycles. The third-order valence-corrected chi connectivity index (χ3v) is 6.98. The number of methoxy groups -OCH3 is 1. The van der Waals surface area contributed by atoms with Gasteiger partial charge in [0.2, 0.25) is 5.91 Å². The second-order valence-electron chi connectivity index (χ2n) is 9.26. The Morgan fingerprint density at radius 2 is 1.59 bits per heavy atom. The van der Waals surface area contributed by atoms with E-state index in [9.17, 15) is 4.79 Å². The SMILES string of the molecule is COc1ccc(Cn2cc([C@@H](CC(=O)N3CCCC3)Cc3ccccc3)c3ccccc32)cc1. The number of carbonyl (C=O) groups is 1. The van der Waals surface area contributed by atoms with Crippen LogP contribution in [0.4, 0.5) is 0 Å². The number of fused-ring (bicyclic) bond motifs is 1. The molecule has 3 aromatic carbocycles. The first-order valence-electron chi connectivity index (χ1n) is 12.2. The number of hydrogen-bond acceptors (Lipinski definition) is 2. The number of rotatable bonds is 8. The normalized spacial score (nSPS) is 14.4. The van der Waals surface area contributed by atoms with Crippen molar-refractivity contribution in [2.75, 3.05) is 20.2 Å². The molecule has 0 bridgehead atoms. The molecule has 34 heavy (non-hydrogen) atoms. The minimum Gasteiger partial charge on any atom is -0.497 e. The van der Waals surface area contributed by atoms with Crippen molar-refractivity contribution in [3.05, 3.63) is 102 Å². The number of carbonyl (C=O) groups excluding carboxylic acids is 1. The summed E-state index contributed by atoms with van der Waals surface area (Å²) in [6.07, 6.45) is 5.93. The van der Waals surface area contributed by atoms with E-state index in [0.29, 0.717) is 6.42 Å². The molecule has 0 unspecified atom stereocenters. The van der Waals surface area contributed by atoms with Gasteiger partial charge in [-0.2, -0.15) is 0 Å². The van der Waals surface area contributed by atoms with Gasteiger partial charge in [0, 0.05) is 43.2 Å². The molecule has 1 aromatic heterocycles. The third kappa shape index (κ3) is 4.86. The van der Waals surface area contributed by atoms with E-state index in [1.165, 1.54) is 27.6 Å². The second kappa shape index (κ2) is 10.2. The number of nitrogens with zero attached hydrogens (tertiary/aromatic N) is 2. The molecule has 4 aromatic rings. The first-order chi connectivity index (χ1) is 16.7. The Kier molecular flexibility index (Phi) is 6.66. The van der Waals surface area contributed by atoms with E-state index < -0.39 is 0 Å². The van der Waals surface area contributed by atoms with E-state index in [1.807, 2.05) is 12.1 Å². The predicted octanol–water partition coefficient (Wildman–Crippen LogP) is 6.04. The van der Waals surface area contributed by atoms with Gasteiger partial charge in [-0.3, -0.25) is 4.79 Å². The van der Waals surface area contributed by atoms with Crippen molar-refractivity contribution in [2.24, 2.45) is 0 Å². The average Bonchev–Trinajstić information content (AvgIpc) is 3.54. The van der Waals surface area contributed by atoms with Crippen molar-refractivity contribution >= 4 is 16.8 Å². The molecule has 1 aliphatic rings. The lowest BCUT2D eigenvalue weighted by Crippen LogP contribution is -2.29. The molecule has 4 heteroatoms. The molecular weight excluding hydrogens is 420 g/mol. The van der Waals surface area contributed by atoms with Gasteiger partial charge in [-0.1, -0.05) is 60.7 Å². The van der Waals surface area contributed by atoms with Crippen LogP contribution >= 0.6 is 0 Å². The van der Waals surface area contributed by atoms with E-state index in [-0.39, 0.29) is 11.8 Å². The number of benzene rings is 3. The van der Waals surface area contributed by atoms with Crippen molar-refractivity contribution in [1.29, 1.82) is 0 Å². The molecule has 1 fully saturated rings. The number of ether oxygens (including phenoxy) is 1. The van der Waals surface area contributed by atoms with Gasteiger partial charge in [0.15, 0.2) is 0 Å². The molecule has 1 atom stereocenters. The van der Waals surface area contributed by atoms with Crippen molar-refractivity contribution in [2.45, 2.75) is 38.1 Å². The molecule has 0 spiro atoms. The highest BCUT2D eigenvalue weighted by molar-refractivity contribution is 5.86. The topological polar surface area (TPSA) is 34.5 Å². The highest BCUT2D eigenvalue weighted by Crippen LogP contribution is 2.34. The Hall–Kier alpha value is -3.53. The van der Waals surface area contributed by atoms with Crippen molar-refractivity contribution < 1.29 is 9.53 Å². The Labute approximate surface area is 201 Å². The summed E-state index contributed by atoms with van der Waals surface area (Å²) in [5, 5.41) is 1.24. The molecule has 0 radical (unpaired) electrons. The predicted molar refractivity (Wildman–Crippen MR) is 137 cm³/mol. The van der Waals surface area contributed by atoms with Gasteiger partial charge in [0.25, 0.3) is 0 Å². The maximum absolute atomic E-state index is 13.2. The summed E-state index contributed by atoms with van der Waals surface area (Å²) >= 11 is 0. The summed E-state index contributed by atoms with van der Waals surface area (Å²) in [5.74, 6) is 1.29. The van der Waals surface area contributed by atoms with Gasteiger partial charge in [-0.25, -0.2) is 0 Å². The lowest BCUT2D eigenvalue weighted by molar-refractivity contribution is -0.130. The Bertz CT molecular complexity index is 1240. The lowest BCUT2D eigenvalue weighted by Gasteiger charge is -2.21. The summed E-state index contributed by atoms with van der Waals surface area (Å²) in [4.78, 5) is 15.3. The van der Waals surface area contributed by atoms with Crippen molar-refractivity contribution in [1.82, 2.24) is 9.47 Å². The molecule has 1 amide bonds. The van der Waals surface area contributed by atoms with Crippen molar-refractivity contribution in [3.8, 4) is 5.75 Å². The number of aromatic nitrogens is 1. The minimum absolute atomic E-state index is 0.137. The van der Waals surface area contributed by atoms with E-state index in [0.717, 1.165) is 44.6 Å². The summed E-state index contributed by atoms with van der Waals surface area (Å²) in [6.45, 7) is 2.58. The van der Waals surface area contributed by atoms with E-state index in [4.69, 9.17) is 4.74 Å². The summed E-state index contributed by atoms with van der Waals surface area (Å²) < 4.78 is 7.64. The second-order valence-corrected chi connectivity index (χ2v) is 9.26. The Morgan fingerprint density at radius 1 is 0.882 bits per heavy atom. The van der Waals surface area contributed by atoms with E-state index >= 15 is 0 Å². The molecule has 4 nitrogen and oxygen atoms in total. The zero-order valence-corrected chi connectivity index (χ0v) is 19.8. The van der Waals surface area contributed by atoms with Crippen LogP contribution in [0, 0.1) is 0 Å². The van der Waals surface area contributed by atoms with Crippen LogP contribution in [0.15, 0.2) is 85.1 Å². The average molecular weight is 453 g/mol. The van der Waals surface area contributed by atoms with Gasteiger partial charge in [0.1, 0.15) is 5.75 Å². The monoisotopic (exact) mass is 452 g/mol. The minimum atomic E-state index is 0.137. The van der Waals surface area contributed by atoms with Crippen molar-refractivity contribution in [3.63, 3.8) is 0 Å². The highest BCUT2D eigenvalue weighted by atomic mass is 16.5. The molecule has 2 heterocycles. The number of para-hydroxylation sites is 1. The zero-order chi connectivity index (χ0) is 23.3. The third-order valence-electron chi connectivity index (χ3n) is 6.98. The molecule has 0 aliphatic carbocycles. The molecule has 5 rings (SSSR count). The van der Waals surface area contributed by atoms with E-state index in [2.05, 4.69) is 82.4 Å². The van der Waals surface area contributed by atoms with Gasteiger partial charge >= 0.3 is 0 Å². The van der Waals surface area contributed by atoms with Crippen LogP contribution in [0.1, 0.15) is 41.9 Å². The quantitative estimate of drug-likeness (QED) is 0.327. The molecular formula is C30H32N2O2. The van der Waals surface area contributed by atoms with E-state index in [1.54, 1.807) is 7.11 Å². The fourth-order valence-electron chi connectivity index (χ4n) is 5.16. The number of amides is 1. The lowest BCUT2D eigenvalue weighted by atomic mass is 9.88. The molecule has 1 aliphatic heterocycles. The van der Waals surface area contributed by atoms with Gasteiger partial charge in [0.05, 0.1) is 7.11 Å². The molecule has 0 N–H and O–H groups in total. The Balaban J connectivity index is 1.50.